The van der Waals surface area contributed by atoms with Crippen LogP contribution in [0.5, 0.6) is 0 Å². The van der Waals surface area contributed by atoms with Gasteiger partial charge in [0.05, 0.1) is 5.92 Å². The molecule has 0 radical (unpaired) electrons. The number of carbonyl (C=O) groups excluding carboxylic acids is 2. The van der Waals surface area contributed by atoms with Crippen LogP contribution in [0.2, 0.25) is 0 Å². The Kier molecular flexibility index (Phi) is 6.67. The van der Waals surface area contributed by atoms with Crippen molar-refractivity contribution >= 4 is 46.3 Å². The molecule has 2 aromatic carbocycles. The van der Waals surface area contributed by atoms with E-state index in [4.69, 9.17) is 0 Å². The largest absolute Gasteiger partial charge is 0.326 e. The molecule has 0 spiro atoms. The van der Waals surface area contributed by atoms with Crippen LogP contribution >= 0.6 is 23.1 Å². The van der Waals surface area contributed by atoms with Crippen molar-refractivity contribution in [1.29, 1.82) is 0 Å². The van der Waals surface area contributed by atoms with E-state index < -0.39 is 0 Å². The van der Waals surface area contributed by atoms with Gasteiger partial charge >= 0.3 is 0 Å². The molecule has 1 aliphatic heterocycles. The van der Waals surface area contributed by atoms with Gasteiger partial charge in [0.1, 0.15) is 5.51 Å². The smallest absolute Gasteiger partial charge is 0.229 e. The number of aromatic nitrogens is 2. The number of nitrogens with one attached hydrogen (secondary N) is 1. The van der Waals surface area contributed by atoms with Crippen LogP contribution in [-0.4, -0.2) is 28.6 Å². The lowest BCUT2D eigenvalue weighted by Gasteiger charge is -2.23. The van der Waals surface area contributed by atoms with E-state index in [0.29, 0.717) is 12.5 Å². The molecule has 1 aliphatic rings. The first-order chi connectivity index (χ1) is 15.0. The molecule has 2 atom stereocenters. The summed E-state index contributed by atoms with van der Waals surface area (Å²) in [5.74, 6) is -0.137. The maximum Gasteiger partial charge on any atom is 0.229 e. The molecular formula is C23H24N4O2S2. The van der Waals surface area contributed by atoms with E-state index in [-0.39, 0.29) is 24.2 Å². The minimum atomic E-state index is -0.368. The van der Waals surface area contributed by atoms with Crippen molar-refractivity contribution in [2.24, 2.45) is 5.92 Å². The zero-order chi connectivity index (χ0) is 21.8. The molecule has 3 aromatic rings. The predicted octanol–water partition coefficient (Wildman–Crippen LogP) is 5.19. The molecule has 1 N–H and O–H groups in total. The van der Waals surface area contributed by atoms with Gasteiger partial charge in [-0.1, -0.05) is 55.1 Å². The lowest BCUT2D eigenvalue weighted by molar-refractivity contribution is -0.122. The van der Waals surface area contributed by atoms with E-state index in [9.17, 15) is 9.59 Å². The highest BCUT2D eigenvalue weighted by Gasteiger charge is 2.36. The molecule has 1 fully saturated rings. The van der Waals surface area contributed by atoms with Crippen molar-refractivity contribution in [2.45, 2.75) is 41.8 Å². The van der Waals surface area contributed by atoms with E-state index in [1.165, 1.54) is 23.1 Å². The first kappa shape index (κ1) is 21.5. The van der Waals surface area contributed by atoms with Crippen LogP contribution in [0.1, 0.15) is 38.2 Å². The summed E-state index contributed by atoms with van der Waals surface area (Å²) in [6.45, 7) is 4.71. The Hall–Kier alpha value is -2.71. The van der Waals surface area contributed by atoms with Crippen molar-refractivity contribution in [3.63, 3.8) is 0 Å². The second-order valence-corrected chi connectivity index (χ2v) is 9.75. The quantitative estimate of drug-likeness (QED) is 0.534. The van der Waals surface area contributed by atoms with Gasteiger partial charge in [0.2, 0.25) is 11.8 Å². The van der Waals surface area contributed by atoms with E-state index in [2.05, 4.69) is 35.4 Å². The molecule has 31 heavy (non-hydrogen) atoms. The fourth-order valence-corrected chi connectivity index (χ4v) is 5.10. The summed E-state index contributed by atoms with van der Waals surface area (Å²) >= 11 is 3.02. The van der Waals surface area contributed by atoms with Gasteiger partial charge in [-0.05, 0) is 48.2 Å². The van der Waals surface area contributed by atoms with Crippen molar-refractivity contribution in [3.05, 3.63) is 59.6 Å². The van der Waals surface area contributed by atoms with Gasteiger partial charge in [0.25, 0.3) is 0 Å². The zero-order valence-corrected chi connectivity index (χ0v) is 19.1. The van der Waals surface area contributed by atoms with Crippen molar-refractivity contribution < 1.29 is 9.59 Å². The molecule has 1 aromatic heterocycles. The average Bonchev–Trinajstić information content (AvgIpc) is 3.44. The molecule has 2 heterocycles. The highest BCUT2D eigenvalue weighted by molar-refractivity contribution is 8.01. The van der Waals surface area contributed by atoms with Crippen LogP contribution in [0.3, 0.4) is 0 Å². The van der Waals surface area contributed by atoms with Gasteiger partial charge in [-0.2, -0.15) is 0 Å². The Morgan fingerprint density at radius 3 is 2.74 bits per heavy atom. The summed E-state index contributed by atoms with van der Waals surface area (Å²) in [4.78, 5) is 28.4. The monoisotopic (exact) mass is 452 g/mol. The number of anilines is 2. The summed E-state index contributed by atoms with van der Waals surface area (Å²) in [5, 5.41) is 10.8. The van der Waals surface area contributed by atoms with Gasteiger partial charge in [0, 0.05) is 29.2 Å². The summed E-state index contributed by atoms with van der Waals surface area (Å²) in [5.41, 5.74) is 4.50. The highest BCUT2D eigenvalue weighted by atomic mass is 32.2. The topological polar surface area (TPSA) is 75.2 Å². The Balaban J connectivity index is 1.41. The molecule has 6 nitrogen and oxygen atoms in total. The number of nitrogens with zero attached hydrogens (tertiary/aromatic N) is 3. The van der Waals surface area contributed by atoms with Crippen LogP contribution in [0.15, 0.2) is 63.3 Å². The lowest BCUT2D eigenvalue weighted by atomic mass is 9.96. The third-order valence-corrected chi connectivity index (χ3v) is 7.32. The number of para-hydroxylation sites is 1. The maximum atomic E-state index is 12.8. The summed E-state index contributed by atoms with van der Waals surface area (Å²) in [7, 11) is 0. The lowest BCUT2D eigenvalue weighted by Crippen LogP contribution is -2.29. The van der Waals surface area contributed by atoms with Gasteiger partial charge in [-0.25, -0.2) is 0 Å². The zero-order valence-electron chi connectivity index (χ0n) is 17.4. The minimum Gasteiger partial charge on any atom is -0.326 e. The van der Waals surface area contributed by atoms with Crippen LogP contribution in [0, 0.1) is 5.92 Å². The normalized spacial score (nSPS) is 17.0. The van der Waals surface area contributed by atoms with Crippen LogP contribution in [0.4, 0.5) is 11.4 Å². The van der Waals surface area contributed by atoms with Crippen LogP contribution in [-0.2, 0) is 9.59 Å². The SMILES string of the molecule is CCC(C)c1ccccc1N1CC(C(=O)Nc2ccc(Sc3nncs3)cc2)CC1=O. The maximum absolute atomic E-state index is 12.8. The molecule has 0 saturated carbocycles. The summed E-state index contributed by atoms with van der Waals surface area (Å²) in [6.07, 6.45) is 1.22. The highest BCUT2D eigenvalue weighted by Crippen LogP contribution is 2.34. The van der Waals surface area contributed by atoms with Crippen LogP contribution in [0.25, 0.3) is 0 Å². The Bertz CT molecular complexity index is 1050. The van der Waals surface area contributed by atoms with Crippen molar-refractivity contribution in [1.82, 2.24) is 10.2 Å². The number of hydrogen-bond donors (Lipinski definition) is 1. The molecule has 0 aliphatic carbocycles. The Morgan fingerprint density at radius 2 is 2.03 bits per heavy atom. The second-order valence-electron chi connectivity index (χ2n) is 7.59. The standard InChI is InChI=1S/C23H24N4O2S2/c1-3-15(2)19-6-4-5-7-20(19)27-13-16(12-21(27)28)22(29)25-17-8-10-18(11-9-17)31-23-26-24-14-30-23/h4-11,14-16H,3,12-13H2,1-2H3,(H,25,29). The first-order valence-electron chi connectivity index (χ1n) is 10.3. The minimum absolute atomic E-state index is 0.000270. The Morgan fingerprint density at radius 1 is 1.26 bits per heavy atom. The average molecular weight is 453 g/mol. The van der Waals surface area contributed by atoms with E-state index in [1.54, 1.807) is 10.4 Å². The van der Waals surface area contributed by atoms with Gasteiger partial charge in [-0.3, -0.25) is 9.59 Å². The summed E-state index contributed by atoms with van der Waals surface area (Å²) in [6, 6.07) is 15.6. The molecule has 2 unspecified atom stereocenters. The second kappa shape index (κ2) is 9.62. The Labute approximate surface area is 190 Å². The van der Waals surface area contributed by atoms with Crippen LogP contribution < -0.4 is 10.2 Å². The molecule has 2 amide bonds. The molecule has 1 saturated heterocycles. The molecule has 8 heteroatoms. The van der Waals surface area contributed by atoms with Crippen molar-refractivity contribution in [3.8, 4) is 0 Å². The number of carbonyl (C=O) groups is 2. The fourth-order valence-electron chi connectivity index (χ4n) is 3.64. The van der Waals surface area contributed by atoms with Gasteiger partial charge < -0.3 is 10.2 Å². The fraction of sp³-hybridized carbons (Fsp3) is 0.304. The van der Waals surface area contributed by atoms with Crippen molar-refractivity contribution in [2.75, 3.05) is 16.8 Å². The number of benzene rings is 2. The number of amides is 2. The molecule has 0 bridgehead atoms. The molecular weight excluding hydrogens is 428 g/mol. The predicted molar refractivity (Wildman–Crippen MR) is 125 cm³/mol. The van der Waals surface area contributed by atoms with E-state index in [1.807, 2.05) is 42.5 Å². The number of rotatable bonds is 7. The number of hydrogen-bond acceptors (Lipinski definition) is 6. The van der Waals surface area contributed by atoms with Gasteiger partial charge in [-0.15, -0.1) is 10.2 Å². The van der Waals surface area contributed by atoms with E-state index >= 15 is 0 Å². The third-order valence-electron chi connectivity index (χ3n) is 5.53. The van der Waals surface area contributed by atoms with E-state index in [0.717, 1.165) is 32.6 Å². The third kappa shape index (κ3) is 4.97. The first-order valence-corrected chi connectivity index (χ1v) is 12.0. The summed E-state index contributed by atoms with van der Waals surface area (Å²) < 4.78 is 0.874. The molecule has 160 valence electrons. The molecule has 4 rings (SSSR count). The van der Waals surface area contributed by atoms with Gasteiger partial charge in [0.15, 0.2) is 4.34 Å².